The van der Waals surface area contributed by atoms with Gasteiger partial charge in [-0.3, -0.25) is 0 Å². The molecule has 1 saturated heterocycles. The van der Waals surface area contributed by atoms with E-state index in [0.717, 1.165) is 0 Å². The molecule has 14 heavy (non-hydrogen) atoms. The molecule has 1 heterocycles. The Morgan fingerprint density at radius 3 is 2.43 bits per heavy atom. The van der Waals surface area contributed by atoms with Crippen LogP contribution in [0.25, 0.3) is 0 Å². The van der Waals surface area contributed by atoms with E-state index < -0.39 is 17.8 Å². The van der Waals surface area contributed by atoms with Crippen LogP contribution >= 0.6 is 0 Å². The molecule has 0 unspecified atom stereocenters. The number of hydrogen-bond acceptors (Lipinski definition) is 4. The second-order valence-corrected chi connectivity index (χ2v) is 9.13. The van der Waals surface area contributed by atoms with Crippen molar-refractivity contribution < 1.29 is 16.5 Å². The smallest absolute Gasteiger partial charge is 0.412 e. The van der Waals surface area contributed by atoms with Crippen molar-refractivity contribution in [3.63, 3.8) is 0 Å². The summed E-state index contributed by atoms with van der Waals surface area (Å²) in [5.41, 5.74) is 4.96. The van der Waals surface area contributed by atoms with E-state index in [1.54, 1.807) is 17.1 Å². The molecule has 0 amide bonds. The molecule has 1 fully saturated rings. The van der Waals surface area contributed by atoms with Gasteiger partial charge in [-0.1, -0.05) is 0 Å². The summed E-state index contributed by atoms with van der Waals surface area (Å²) in [6.45, 7) is 11.0. The van der Waals surface area contributed by atoms with Crippen LogP contribution in [0.2, 0.25) is 0 Å². The van der Waals surface area contributed by atoms with Crippen molar-refractivity contribution in [3.05, 3.63) is 36.8 Å². The van der Waals surface area contributed by atoms with Crippen LogP contribution in [0.4, 0.5) is 0 Å². The lowest BCUT2D eigenvalue weighted by Crippen LogP contribution is -2.48. The summed E-state index contributed by atoms with van der Waals surface area (Å²) in [7, 11) is -4.20. The van der Waals surface area contributed by atoms with E-state index in [1.807, 2.05) is 0 Å². The van der Waals surface area contributed by atoms with Crippen molar-refractivity contribution in [3.8, 4) is 0 Å². The van der Waals surface area contributed by atoms with Crippen LogP contribution in [0.15, 0.2) is 36.8 Å². The molecular weight excluding hydrogens is 248 g/mol. The van der Waals surface area contributed by atoms with Crippen LogP contribution in [0.1, 0.15) is 0 Å². The normalized spacial score (nSPS) is 23.1. The highest BCUT2D eigenvalue weighted by Gasteiger charge is 2.36. The van der Waals surface area contributed by atoms with Crippen molar-refractivity contribution in [1.82, 2.24) is 0 Å². The van der Waals surface area contributed by atoms with Crippen LogP contribution in [-0.2, 0) is 16.5 Å². The van der Waals surface area contributed by atoms with Gasteiger partial charge in [0.1, 0.15) is 0 Å². The molecule has 0 saturated carbocycles. The van der Waals surface area contributed by atoms with E-state index in [2.05, 4.69) is 19.7 Å². The molecule has 0 atom stereocenters. The van der Waals surface area contributed by atoms with Gasteiger partial charge in [0.15, 0.2) is 0 Å². The van der Waals surface area contributed by atoms with Gasteiger partial charge in [0, 0.05) is 0 Å². The lowest BCUT2D eigenvalue weighted by Gasteiger charge is -2.28. The molecule has 1 rings (SSSR count). The molecule has 0 bridgehead atoms. The zero-order chi connectivity index (χ0) is 10.4. The summed E-state index contributed by atoms with van der Waals surface area (Å²) < 4.78 is 21.6. The second kappa shape index (κ2) is 5.72. The molecule has 1 aliphatic rings. The van der Waals surface area contributed by atoms with Crippen molar-refractivity contribution >= 4 is 37.9 Å². The summed E-state index contributed by atoms with van der Waals surface area (Å²) >= 11 is 0. The monoisotopic (exact) mass is 257 g/mol. The van der Waals surface area contributed by atoms with Gasteiger partial charge in [0.2, 0.25) is 0 Å². The molecule has 1 aliphatic heterocycles. The van der Waals surface area contributed by atoms with E-state index in [-0.39, 0.29) is 20.0 Å². The summed E-state index contributed by atoms with van der Waals surface area (Å²) in [5, 5.41) is 0. The predicted molar refractivity (Wildman–Crippen MR) is 57.9 cm³/mol. The van der Waals surface area contributed by atoms with Gasteiger partial charge in [0.25, 0.3) is 0 Å². The van der Waals surface area contributed by atoms with Crippen molar-refractivity contribution in [2.45, 2.75) is 0 Å². The van der Waals surface area contributed by atoms with Gasteiger partial charge < -0.3 is 16.5 Å². The first-order valence-electron chi connectivity index (χ1n) is 3.72. The summed E-state index contributed by atoms with van der Waals surface area (Å²) in [6, 6.07) is 0. The third-order valence-electron chi connectivity index (χ3n) is 1.42. The van der Waals surface area contributed by atoms with Crippen LogP contribution in [0.3, 0.4) is 0 Å². The third-order valence-corrected chi connectivity index (χ3v) is 8.39. The van der Waals surface area contributed by atoms with Gasteiger partial charge in [0.05, 0.1) is 0 Å². The first kappa shape index (κ1) is 12.0. The standard InChI is InChI=1S/C6H9O4Si4/c1-4-13-8-11-7-12-9-14(5-2,6-3)10-13/h4-6H,1-3H2. The molecule has 0 N–H and O–H groups in total. The molecule has 5 radical (unpaired) electrons. The summed E-state index contributed by atoms with van der Waals surface area (Å²) in [5.74, 6) is 0. The molecule has 73 valence electrons. The van der Waals surface area contributed by atoms with Gasteiger partial charge in [-0.05, 0) is 17.1 Å². The zero-order valence-corrected chi connectivity index (χ0v) is 11.5. The Bertz CT molecular complexity index is 226. The van der Waals surface area contributed by atoms with Gasteiger partial charge in [-0.25, -0.2) is 0 Å². The first-order chi connectivity index (χ1) is 6.76. The third kappa shape index (κ3) is 2.96. The fourth-order valence-corrected chi connectivity index (χ4v) is 7.27. The average molecular weight is 257 g/mol. The fraction of sp³-hybridized carbons (Fsp3) is 0. The first-order valence-corrected chi connectivity index (χ1v) is 8.72. The molecule has 8 heteroatoms. The Balaban J connectivity index is 2.75. The van der Waals surface area contributed by atoms with Crippen molar-refractivity contribution in [2.75, 3.05) is 0 Å². The lowest BCUT2D eigenvalue weighted by molar-refractivity contribution is 0.313. The maximum atomic E-state index is 5.70. The molecule has 0 aromatic rings. The Morgan fingerprint density at radius 2 is 1.86 bits per heavy atom. The largest absolute Gasteiger partial charge is 0.413 e. The Morgan fingerprint density at radius 1 is 1.14 bits per heavy atom. The quantitative estimate of drug-likeness (QED) is 0.679. The minimum Gasteiger partial charge on any atom is -0.412 e. The zero-order valence-electron chi connectivity index (χ0n) is 7.49. The highest BCUT2D eigenvalue weighted by Crippen LogP contribution is 2.13. The summed E-state index contributed by atoms with van der Waals surface area (Å²) in [4.78, 5) is 0. The van der Waals surface area contributed by atoms with E-state index in [1.165, 1.54) is 0 Å². The minimum atomic E-state index is -2.53. The molecule has 0 aliphatic carbocycles. The van der Waals surface area contributed by atoms with Gasteiger partial charge >= 0.3 is 37.9 Å². The molecular formula is C6H9O4Si4. The molecule has 4 nitrogen and oxygen atoms in total. The van der Waals surface area contributed by atoms with Crippen LogP contribution in [0, 0.1) is 0 Å². The lowest BCUT2D eigenvalue weighted by atomic mass is 11.2. The van der Waals surface area contributed by atoms with Crippen molar-refractivity contribution in [1.29, 1.82) is 0 Å². The molecule has 0 aromatic carbocycles. The van der Waals surface area contributed by atoms with E-state index in [4.69, 9.17) is 16.5 Å². The Hall–Kier alpha value is -0.0725. The Kier molecular flexibility index (Phi) is 4.90. The minimum absolute atomic E-state index is 0.0537. The Labute approximate surface area is 91.4 Å². The van der Waals surface area contributed by atoms with Crippen LogP contribution < -0.4 is 0 Å². The van der Waals surface area contributed by atoms with Crippen LogP contribution in [0.5, 0.6) is 0 Å². The van der Waals surface area contributed by atoms with E-state index in [9.17, 15) is 0 Å². The second-order valence-electron chi connectivity index (χ2n) is 2.23. The highest BCUT2D eigenvalue weighted by atomic mass is 28.5. The topological polar surface area (TPSA) is 36.9 Å². The highest BCUT2D eigenvalue weighted by molar-refractivity contribution is 6.86. The van der Waals surface area contributed by atoms with Crippen LogP contribution in [-0.4, -0.2) is 37.9 Å². The van der Waals surface area contributed by atoms with Gasteiger partial charge in [-0.2, -0.15) is 0 Å². The maximum Gasteiger partial charge on any atom is 0.413 e. The van der Waals surface area contributed by atoms with Crippen molar-refractivity contribution in [2.24, 2.45) is 0 Å². The maximum absolute atomic E-state index is 5.70. The molecule has 0 spiro atoms. The SMILES string of the molecule is C=C[Si]1O[Si]O[Si]O[Si](C=C)(C=C)O1. The average Bonchev–Trinajstić information content (AvgIpc) is 2.19. The van der Waals surface area contributed by atoms with E-state index in [0.29, 0.717) is 0 Å². The number of hydrogen-bond donors (Lipinski definition) is 0. The predicted octanol–water partition coefficient (Wildman–Crippen LogP) is 0.241. The number of rotatable bonds is 3. The van der Waals surface area contributed by atoms with Gasteiger partial charge in [-0.15, -0.1) is 19.7 Å². The summed E-state index contributed by atoms with van der Waals surface area (Å²) in [6.07, 6.45) is 0. The fourth-order valence-electron chi connectivity index (χ4n) is 0.697. The van der Waals surface area contributed by atoms with E-state index >= 15 is 0 Å². The molecule has 0 aromatic heterocycles.